The number of nitrogens with zero attached hydrogens (tertiary/aromatic N) is 2. The number of rotatable bonds is 3. The Labute approximate surface area is 151 Å². The quantitative estimate of drug-likeness (QED) is 0.446. The Morgan fingerprint density at radius 2 is 2.32 bits per heavy atom. The van der Waals surface area contributed by atoms with E-state index >= 15 is 0 Å². The third kappa shape index (κ3) is 4.10. The molecule has 0 amide bonds. The largest absolute Gasteiger partial charge is 0.493 e. The van der Waals surface area contributed by atoms with E-state index in [4.69, 9.17) is 10.5 Å². The van der Waals surface area contributed by atoms with Crippen LogP contribution in [0.3, 0.4) is 0 Å². The monoisotopic (exact) mass is 430 g/mol. The summed E-state index contributed by atoms with van der Waals surface area (Å²) in [5, 5.41) is 6.27. The fourth-order valence-corrected chi connectivity index (χ4v) is 3.04. The molecule has 0 saturated heterocycles. The molecule has 1 aliphatic rings. The van der Waals surface area contributed by atoms with Crippen molar-refractivity contribution in [2.45, 2.75) is 25.9 Å². The van der Waals surface area contributed by atoms with Gasteiger partial charge >= 0.3 is 0 Å². The molecule has 0 fully saturated rings. The zero-order chi connectivity index (χ0) is 14.7. The molecule has 3 rings (SSSR count). The molecule has 22 heavy (non-hydrogen) atoms. The Morgan fingerprint density at radius 1 is 1.50 bits per heavy atom. The average Bonchev–Trinajstić information content (AvgIpc) is 2.91. The fraction of sp³-hybridized carbons (Fsp3) is 0.333. The van der Waals surface area contributed by atoms with E-state index in [1.165, 1.54) is 0 Å². The molecule has 0 spiro atoms. The van der Waals surface area contributed by atoms with Crippen LogP contribution in [-0.2, 0) is 6.54 Å². The van der Waals surface area contributed by atoms with Gasteiger partial charge in [0.05, 0.1) is 19.2 Å². The molecule has 2 heterocycles. The Balaban J connectivity index is 0.00000176. The first-order valence-electron chi connectivity index (χ1n) is 6.91. The summed E-state index contributed by atoms with van der Waals surface area (Å²) >= 11 is 1.60. The van der Waals surface area contributed by atoms with Crippen molar-refractivity contribution in [3.05, 3.63) is 45.9 Å². The second kappa shape index (κ2) is 7.77. The first-order chi connectivity index (χ1) is 10.2. The molecule has 1 unspecified atom stereocenters. The van der Waals surface area contributed by atoms with Crippen molar-refractivity contribution in [3.8, 4) is 5.75 Å². The smallest absolute Gasteiger partial charge is 0.189 e. The highest BCUT2D eigenvalue weighted by Crippen LogP contribution is 2.31. The average molecular weight is 430 g/mol. The molecule has 2 aromatic rings. The predicted octanol–water partition coefficient (Wildman–Crippen LogP) is 3.00. The zero-order valence-electron chi connectivity index (χ0n) is 12.3. The number of hydrogen-bond donors (Lipinski definition) is 2. The molecular weight excluding hydrogens is 411 g/mol. The minimum absolute atomic E-state index is 0. The van der Waals surface area contributed by atoms with Crippen LogP contribution >= 0.6 is 35.3 Å². The van der Waals surface area contributed by atoms with Gasteiger partial charge in [-0.3, -0.25) is 0 Å². The minimum atomic E-state index is 0. The van der Waals surface area contributed by atoms with E-state index < -0.39 is 0 Å². The topological polar surface area (TPSA) is 72.5 Å². The van der Waals surface area contributed by atoms with Crippen LogP contribution in [0.1, 0.15) is 28.7 Å². The van der Waals surface area contributed by atoms with Gasteiger partial charge in [0.25, 0.3) is 0 Å². The Hall–Kier alpha value is -1.35. The Kier molecular flexibility index (Phi) is 6.01. The molecule has 1 atom stereocenters. The zero-order valence-corrected chi connectivity index (χ0v) is 15.4. The number of halogens is 1. The lowest BCUT2D eigenvalue weighted by Crippen LogP contribution is -2.37. The Bertz CT molecular complexity index is 658. The molecule has 7 heteroatoms. The normalized spacial score (nSPS) is 17.1. The maximum Gasteiger partial charge on any atom is 0.189 e. The summed E-state index contributed by atoms with van der Waals surface area (Å²) in [6.07, 6.45) is 0.879. The lowest BCUT2D eigenvalue weighted by atomic mass is 10.0. The molecule has 0 aliphatic carbocycles. The van der Waals surface area contributed by atoms with Crippen LogP contribution in [0.4, 0.5) is 0 Å². The first kappa shape index (κ1) is 17.0. The van der Waals surface area contributed by atoms with Gasteiger partial charge in [-0.25, -0.2) is 9.98 Å². The van der Waals surface area contributed by atoms with Crippen LogP contribution < -0.4 is 15.8 Å². The predicted molar refractivity (Wildman–Crippen MR) is 100 cm³/mol. The number of hydrogen-bond acceptors (Lipinski definition) is 4. The maximum atomic E-state index is 5.99. The Morgan fingerprint density at radius 3 is 3.09 bits per heavy atom. The number of fused-ring (bicyclic) bond motifs is 1. The number of nitrogens with one attached hydrogen (secondary N) is 1. The van der Waals surface area contributed by atoms with Crippen LogP contribution in [0.2, 0.25) is 0 Å². The number of aromatic nitrogens is 1. The summed E-state index contributed by atoms with van der Waals surface area (Å²) < 4.78 is 5.64. The number of nitrogens with two attached hydrogens (primary N) is 1. The van der Waals surface area contributed by atoms with Gasteiger partial charge in [-0.15, -0.1) is 35.3 Å². The van der Waals surface area contributed by atoms with E-state index in [0.29, 0.717) is 19.1 Å². The van der Waals surface area contributed by atoms with Gasteiger partial charge < -0.3 is 15.8 Å². The number of para-hydroxylation sites is 1. The number of aryl methyl sites for hydroxylation is 1. The fourth-order valence-electron chi connectivity index (χ4n) is 2.34. The summed E-state index contributed by atoms with van der Waals surface area (Å²) in [7, 11) is 0. The van der Waals surface area contributed by atoms with E-state index in [9.17, 15) is 0 Å². The molecule has 118 valence electrons. The highest BCUT2D eigenvalue weighted by molar-refractivity contribution is 14.0. The second-order valence-corrected chi connectivity index (χ2v) is 5.90. The van der Waals surface area contributed by atoms with E-state index in [1.807, 2.05) is 30.5 Å². The summed E-state index contributed by atoms with van der Waals surface area (Å²) in [6, 6.07) is 8.17. The van der Waals surface area contributed by atoms with Gasteiger partial charge in [0.2, 0.25) is 0 Å². The van der Waals surface area contributed by atoms with Crippen LogP contribution in [-0.4, -0.2) is 17.6 Å². The summed E-state index contributed by atoms with van der Waals surface area (Å²) in [4.78, 5) is 8.74. The van der Waals surface area contributed by atoms with Crippen molar-refractivity contribution in [3.63, 3.8) is 0 Å². The highest BCUT2D eigenvalue weighted by Gasteiger charge is 2.21. The summed E-state index contributed by atoms with van der Waals surface area (Å²) in [5.41, 5.74) is 8.15. The van der Waals surface area contributed by atoms with Crippen LogP contribution in [0.25, 0.3) is 0 Å². The maximum absolute atomic E-state index is 5.99. The van der Waals surface area contributed by atoms with Crippen molar-refractivity contribution in [1.29, 1.82) is 0 Å². The third-order valence-electron chi connectivity index (χ3n) is 3.33. The van der Waals surface area contributed by atoms with Gasteiger partial charge in [0.15, 0.2) is 5.96 Å². The van der Waals surface area contributed by atoms with Crippen LogP contribution in [0, 0.1) is 6.92 Å². The lowest BCUT2D eigenvalue weighted by molar-refractivity contribution is 0.262. The second-order valence-electron chi connectivity index (χ2n) is 4.96. The van der Waals surface area contributed by atoms with E-state index in [2.05, 4.69) is 21.4 Å². The van der Waals surface area contributed by atoms with Crippen molar-refractivity contribution in [1.82, 2.24) is 10.3 Å². The van der Waals surface area contributed by atoms with Gasteiger partial charge in [0, 0.05) is 23.1 Å². The van der Waals surface area contributed by atoms with Gasteiger partial charge in [-0.2, -0.15) is 0 Å². The van der Waals surface area contributed by atoms with Crippen molar-refractivity contribution < 1.29 is 4.74 Å². The molecule has 1 aliphatic heterocycles. The molecule has 0 radical (unpaired) electrons. The third-order valence-corrected chi connectivity index (χ3v) is 4.28. The van der Waals surface area contributed by atoms with E-state index in [0.717, 1.165) is 28.4 Å². The van der Waals surface area contributed by atoms with Crippen LogP contribution in [0.15, 0.2) is 34.6 Å². The number of thiazole rings is 1. The van der Waals surface area contributed by atoms with E-state index in [-0.39, 0.29) is 30.0 Å². The number of ether oxygens (including phenoxy) is 1. The molecule has 0 saturated carbocycles. The minimum Gasteiger partial charge on any atom is -0.493 e. The number of aliphatic imine (C=N–C) groups is 1. The van der Waals surface area contributed by atoms with E-state index in [1.54, 1.807) is 11.3 Å². The van der Waals surface area contributed by atoms with Crippen molar-refractivity contribution in [2.75, 3.05) is 6.61 Å². The molecule has 5 nitrogen and oxygen atoms in total. The van der Waals surface area contributed by atoms with Gasteiger partial charge in [-0.1, -0.05) is 18.2 Å². The standard InChI is InChI=1S/C15H18N4OS.HI/c1-10-9-21-14(18-10)8-17-15(16)19-12-6-7-20-13-5-3-2-4-11(12)13;/h2-5,9,12H,6-8H2,1H3,(H3,16,17,19);1H. The first-order valence-corrected chi connectivity index (χ1v) is 7.79. The molecular formula is C15H19IN4OS. The molecule has 1 aromatic carbocycles. The van der Waals surface area contributed by atoms with Gasteiger partial charge in [-0.05, 0) is 13.0 Å². The van der Waals surface area contributed by atoms with Crippen molar-refractivity contribution in [2.24, 2.45) is 10.7 Å². The number of guanidine groups is 1. The van der Waals surface area contributed by atoms with Crippen LogP contribution in [0.5, 0.6) is 5.75 Å². The summed E-state index contributed by atoms with van der Waals surface area (Å²) in [5.74, 6) is 1.37. The van der Waals surface area contributed by atoms with Crippen molar-refractivity contribution >= 4 is 41.3 Å². The molecule has 1 aromatic heterocycles. The lowest BCUT2D eigenvalue weighted by Gasteiger charge is -2.26. The SMILES string of the molecule is Cc1csc(CN=C(N)NC2CCOc3ccccc32)n1.I. The highest BCUT2D eigenvalue weighted by atomic mass is 127. The summed E-state index contributed by atoms with van der Waals surface area (Å²) in [6.45, 7) is 3.18. The molecule has 0 bridgehead atoms. The molecule has 3 N–H and O–H groups in total. The number of benzene rings is 1. The van der Waals surface area contributed by atoms with Gasteiger partial charge in [0.1, 0.15) is 10.8 Å².